The number of carbonyl (C=O) groups excluding carboxylic acids is 1. The smallest absolute Gasteiger partial charge is 0.320 e. The molecule has 0 bridgehead atoms. The summed E-state index contributed by atoms with van der Waals surface area (Å²) in [6.07, 6.45) is 4.46. The molecule has 0 aromatic heterocycles. The lowest BCUT2D eigenvalue weighted by Gasteiger charge is -2.07. The first-order valence-electron chi connectivity index (χ1n) is 5.83. The molecule has 4 N–H and O–H groups in total. The first kappa shape index (κ1) is 14.9. The molecule has 0 saturated heterocycles. The van der Waals surface area contributed by atoms with Gasteiger partial charge in [0.15, 0.2) is 0 Å². The van der Waals surface area contributed by atoms with Gasteiger partial charge in [0.1, 0.15) is 6.04 Å². The SMILES string of the molecule is CCCCC(=O)NCCCCC(N)C(=O)O. The van der Waals surface area contributed by atoms with E-state index >= 15 is 0 Å². The normalized spacial score (nSPS) is 12.1. The minimum Gasteiger partial charge on any atom is -0.480 e. The number of carbonyl (C=O) groups is 2. The Hall–Kier alpha value is -1.10. The molecule has 0 aliphatic heterocycles. The number of rotatable bonds is 9. The van der Waals surface area contributed by atoms with E-state index in [-0.39, 0.29) is 5.91 Å². The van der Waals surface area contributed by atoms with Gasteiger partial charge in [-0.1, -0.05) is 13.3 Å². The zero-order valence-electron chi connectivity index (χ0n) is 9.87. The average molecular weight is 230 g/mol. The van der Waals surface area contributed by atoms with Crippen molar-refractivity contribution in [2.45, 2.75) is 51.5 Å². The Kier molecular flexibility index (Phi) is 8.52. The summed E-state index contributed by atoms with van der Waals surface area (Å²) in [6, 6.07) is -0.782. The minimum atomic E-state index is -0.966. The molecule has 0 rings (SSSR count). The van der Waals surface area contributed by atoms with Crippen LogP contribution in [0.3, 0.4) is 0 Å². The number of amides is 1. The van der Waals surface area contributed by atoms with Crippen molar-refractivity contribution in [2.75, 3.05) is 6.54 Å². The third-order valence-electron chi connectivity index (χ3n) is 2.34. The number of carboxylic acids is 1. The first-order chi connectivity index (χ1) is 7.57. The summed E-state index contributed by atoms with van der Waals surface area (Å²) < 4.78 is 0. The van der Waals surface area contributed by atoms with Crippen molar-refractivity contribution in [1.82, 2.24) is 5.32 Å². The van der Waals surface area contributed by atoms with Crippen LogP contribution in [0.15, 0.2) is 0 Å². The van der Waals surface area contributed by atoms with Crippen molar-refractivity contribution in [3.63, 3.8) is 0 Å². The summed E-state index contributed by atoms with van der Waals surface area (Å²) in [4.78, 5) is 21.6. The molecule has 0 aromatic carbocycles. The third kappa shape index (κ3) is 8.23. The number of hydrogen-bond donors (Lipinski definition) is 3. The molecular formula is C11H22N2O3. The Morgan fingerprint density at radius 2 is 2.00 bits per heavy atom. The van der Waals surface area contributed by atoms with Gasteiger partial charge in [-0.3, -0.25) is 9.59 Å². The second-order valence-electron chi connectivity index (χ2n) is 3.89. The number of carboxylic acid groups (broad SMARTS) is 1. The number of hydrogen-bond acceptors (Lipinski definition) is 3. The second kappa shape index (κ2) is 9.15. The fourth-order valence-corrected chi connectivity index (χ4v) is 1.27. The van der Waals surface area contributed by atoms with Crippen molar-refractivity contribution in [1.29, 1.82) is 0 Å². The summed E-state index contributed by atoms with van der Waals surface area (Å²) in [6.45, 7) is 2.65. The van der Waals surface area contributed by atoms with Gasteiger partial charge in [-0.2, -0.15) is 0 Å². The van der Waals surface area contributed by atoms with Crippen molar-refractivity contribution in [3.8, 4) is 0 Å². The summed E-state index contributed by atoms with van der Waals surface area (Å²) in [5.41, 5.74) is 5.34. The van der Waals surface area contributed by atoms with Crippen LogP contribution >= 0.6 is 0 Å². The van der Waals surface area contributed by atoms with Gasteiger partial charge in [-0.25, -0.2) is 0 Å². The highest BCUT2D eigenvalue weighted by Gasteiger charge is 2.09. The largest absolute Gasteiger partial charge is 0.480 e. The molecule has 0 fully saturated rings. The molecular weight excluding hydrogens is 208 g/mol. The number of unbranched alkanes of at least 4 members (excludes halogenated alkanes) is 2. The fraction of sp³-hybridized carbons (Fsp3) is 0.818. The first-order valence-corrected chi connectivity index (χ1v) is 5.83. The predicted octanol–water partition coefficient (Wildman–Crippen LogP) is 0.875. The van der Waals surface area contributed by atoms with Crippen LogP contribution in [-0.4, -0.2) is 29.6 Å². The lowest BCUT2D eigenvalue weighted by molar-refractivity contribution is -0.138. The van der Waals surface area contributed by atoms with Gasteiger partial charge < -0.3 is 16.2 Å². The standard InChI is InChI=1S/C11H22N2O3/c1-2-3-7-10(14)13-8-5-4-6-9(12)11(15)16/h9H,2-8,12H2,1H3,(H,13,14)(H,15,16). The maximum absolute atomic E-state index is 11.2. The van der Waals surface area contributed by atoms with E-state index in [4.69, 9.17) is 10.8 Å². The van der Waals surface area contributed by atoms with E-state index in [1.165, 1.54) is 0 Å². The molecule has 5 heteroatoms. The maximum atomic E-state index is 11.2. The molecule has 0 aromatic rings. The minimum absolute atomic E-state index is 0.0735. The van der Waals surface area contributed by atoms with Gasteiger partial charge in [0, 0.05) is 13.0 Å². The van der Waals surface area contributed by atoms with Crippen LogP contribution in [0.1, 0.15) is 45.4 Å². The van der Waals surface area contributed by atoms with E-state index in [0.29, 0.717) is 19.4 Å². The van der Waals surface area contributed by atoms with Gasteiger partial charge in [0.25, 0.3) is 0 Å². The third-order valence-corrected chi connectivity index (χ3v) is 2.34. The average Bonchev–Trinajstić information content (AvgIpc) is 2.25. The molecule has 0 saturated carbocycles. The molecule has 0 radical (unpaired) electrons. The van der Waals surface area contributed by atoms with Gasteiger partial charge in [0.05, 0.1) is 0 Å². The van der Waals surface area contributed by atoms with Gasteiger partial charge in [-0.05, 0) is 25.7 Å². The van der Waals surface area contributed by atoms with Crippen molar-refractivity contribution >= 4 is 11.9 Å². The van der Waals surface area contributed by atoms with E-state index in [1.54, 1.807) is 0 Å². The van der Waals surface area contributed by atoms with Crippen LogP contribution in [-0.2, 0) is 9.59 Å². The van der Waals surface area contributed by atoms with Gasteiger partial charge in [-0.15, -0.1) is 0 Å². The lowest BCUT2D eigenvalue weighted by atomic mass is 10.1. The van der Waals surface area contributed by atoms with Gasteiger partial charge >= 0.3 is 5.97 Å². The summed E-state index contributed by atoms with van der Waals surface area (Å²) >= 11 is 0. The van der Waals surface area contributed by atoms with Crippen molar-refractivity contribution in [3.05, 3.63) is 0 Å². The number of nitrogens with one attached hydrogen (secondary N) is 1. The fourth-order valence-electron chi connectivity index (χ4n) is 1.27. The summed E-state index contributed by atoms with van der Waals surface area (Å²) in [5, 5.41) is 11.3. The molecule has 0 aliphatic carbocycles. The molecule has 5 nitrogen and oxygen atoms in total. The van der Waals surface area contributed by atoms with Crippen LogP contribution in [0.4, 0.5) is 0 Å². The highest BCUT2D eigenvalue weighted by Crippen LogP contribution is 1.99. The van der Waals surface area contributed by atoms with Gasteiger partial charge in [0.2, 0.25) is 5.91 Å². The van der Waals surface area contributed by atoms with Crippen LogP contribution in [0.2, 0.25) is 0 Å². The number of aliphatic carboxylic acids is 1. The summed E-state index contributed by atoms with van der Waals surface area (Å²) in [7, 11) is 0. The highest BCUT2D eigenvalue weighted by molar-refractivity contribution is 5.75. The Labute approximate surface area is 96.4 Å². The molecule has 94 valence electrons. The Morgan fingerprint density at radius 1 is 1.31 bits per heavy atom. The van der Waals surface area contributed by atoms with Crippen LogP contribution < -0.4 is 11.1 Å². The van der Waals surface area contributed by atoms with Crippen molar-refractivity contribution in [2.24, 2.45) is 5.73 Å². The van der Waals surface area contributed by atoms with Crippen molar-refractivity contribution < 1.29 is 14.7 Å². The molecule has 0 spiro atoms. The van der Waals surface area contributed by atoms with E-state index in [2.05, 4.69) is 5.32 Å². The Balaban J connectivity index is 3.33. The molecule has 1 unspecified atom stereocenters. The molecule has 1 atom stereocenters. The van der Waals surface area contributed by atoms with E-state index < -0.39 is 12.0 Å². The van der Waals surface area contributed by atoms with E-state index in [1.807, 2.05) is 6.92 Å². The monoisotopic (exact) mass is 230 g/mol. The topological polar surface area (TPSA) is 92.4 Å². The zero-order chi connectivity index (χ0) is 12.4. The maximum Gasteiger partial charge on any atom is 0.320 e. The Morgan fingerprint density at radius 3 is 2.56 bits per heavy atom. The van der Waals surface area contributed by atoms with Crippen LogP contribution in [0, 0.1) is 0 Å². The van der Waals surface area contributed by atoms with Crippen LogP contribution in [0.25, 0.3) is 0 Å². The van der Waals surface area contributed by atoms with E-state index in [9.17, 15) is 9.59 Å². The van der Waals surface area contributed by atoms with E-state index in [0.717, 1.165) is 25.7 Å². The second-order valence-corrected chi connectivity index (χ2v) is 3.89. The quantitative estimate of drug-likeness (QED) is 0.512. The number of nitrogens with two attached hydrogens (primary N) is 1. The van der Waals surface area contributed by atoms with Crippen LogP contribution in [0.5, 0.6) is 0 Å². The predicted molar refractivity (Wildman–Crippen MR) is 62.0 cm³/mol. The molecule has 0 heterocycles. The molecule has 16 heavy (non-hydrogen) atoms. The summed E-state index contributed by atoms with van der Waals surface area (Å²) in [5.74, 6) is -0.892. The Bertz CT molecular complexity index is 219. The highest BCUT2D eigenvalue weighted by atomic mass is 16.4. The lowest BCUT2D eigenvalue weighted by Crippen LogP contribution is -2.30. The molecule has 1 amide bonds. The zero-order valence-corrected chi connectivity index (χ0v) is 9.87. The molecule has 0 aliphatic rings.